The van der Waals surface area contributed by atoms with E-state index in [-0.39, 0.29) is 6.04 Å². The molecule has 2 nitrogen and oxygen atoms in total. The maximum Gasteiger partial charge on any atom is 0.131 e. The summed E-state index contributed by atoms with van der Waals surface area (Å²) in [5.41, 5.74) is 2.31. The van der Waals surface area contributed by atoms with Crippen molar-refractivity contribution in [2.75, 3.05) is 7.05 Å². The van der Waals surface area contributed by atoms with Crippen molar-refractivity contribution in [2.24, 2.45) is 0 Å². The van der Waals surface area contributed by atoms with E-state index in [0.29, 0.717) is 5.56 Å². The van der Waals surface area contributed by atoms with Crippen molar-refractivity contribution in [3.8, 4) is 0 Å². The molecule has 18 heavy (non-hydrogen) atoms. The van der Waals surface area contributed by atoms with Crippen molar-refractivity contribution in [1.29, 1.82) is 0 Å². The minimum atomic E-state index is -0.572. The Hall–Kier alpha value is -1.81. The second-order valence-corrected chi connectivity index (χ2v) is 4.12. The molecule has 0 bridgehead atoms. The highest BCUT2D eigenvalue weighted by atomic mass is 19.1. The summed E-state index contributed by atoms with van der Waals surface area (Å²) in [6.45, 7) is 1.91. The largest absolute Gasteiger partial charge is 0.309 e. The lowest BCUT2D eigenvalue weighted by molar-refractivity contribution is 0.551. The van der Waals surface area contributed by atoms with Crippen LogP contribution in [0.4, 0.5) is 8.78 Å². The number of rotatable bonds is 3. The zero-order valence-electron chi connectivity index (χ0n) is 10.2. The molecule has 0 aliphatic carbocycles. The van der Waals surface area contributed by atoms with E-state index < -0.39 is 11.6 Å². The minimum Gasteiger partial charge on any atom is -0.309 e. The van der Waals surface area contributed by atoms with Gasteiger partial charge in [0.2, 0.25) is 0 Å². The zero-order chi connectivity index (χ0) is 13.1. The fourth-order valence-electron chi connectivity index (χ4n) is 2.02. The maximum atomic E-state index is 13.8. The molecular formula is C14H14F2N2. The molecular weight excluding hydrogens is 234 g/mol. The van der Waals surface area contributed by atoms with Crippen LogP contribution in [0.5, 0.6) is 0 Å². The Kier molecular flexibility index (Phi) is 3.67. The van der Waals surface area contributed by atoms with Crippen molar-refractivity contribution in [3.05, 3.63) is 65.0 Å². The van der Waals surface area contributed by atoms with Crippen LogP contribution in [0.25, 0.3) is 0 Å². The molecule has 1 unspecified atom stereocenters. The molecule has 1 N–H and O–H groups in total. The topological polar surface area (TPSA) is 24.9 Å². The summed E-state index contributed by atoms with van der Waals surface area (Å²) < 4.78 is 26.7. The molecule has 4 heteroatoms. The summed E-state index contributed by atoms with van der Waals surface area (Å²) >= 11 is 0. The zero-order valence-corrected chi connectivity index (χ0v) is 10.2. The van der Waals surface area contributed by atoms with Crippen LogP contribution in [0, 0.1) is 18.6 Å². The molecule has 1 aromatic heterocycles. The first-order valence-corrected chi connectivity index (χ1v) is 5.66. The summed E-state index contributed by atoms with van der Waals surface area (Å²) in [6, 6.07) is 5.15. The van der Waals surface area contributed by atoms with Crippen LogP contribution >= 0.6 is 0 Å². The van der Waals surface area contributed by atoms with Crippen LogP contribution in [0.2, 0.25) is 0 Å². The first kappa shape index (κ1) is 12.6. The Morgan fingerprint density at radius 2 is 1.94 bits per heavy atom. The van der Waals surface area contributed by atoms with E-state index in [2.05, 4.69) is 10.3 Å². The Bertz CT molecular complexity index is 555. The average molecular weight is 248 g/mol. The van der Waals surface area contributed by atoms with Gasteiger partial charge in [0.25, 0.3) is 0 Å². The highest BCUT2D eigenvalue weighted by Crippen LogP contribution is 2.26. The summed E-state index contributed by atoms with van der Waals surface area (Å²) in [7, 11) is 1.74. The van der Waals surface area contributed by atoms with Gasteiger partial charge in [-0.3, -0.25) is 4.98 Å². The molecule has 0 radical (unpaired) electrons. The van der Waals surface area contributed by atoms with Crippen LogP contribution in [0.15, 0.2) is 36.7 Å². The standard InChI is InChI=1S/C14H14F2N2/c1-9-8-18-6-5-11(9)14(17-2)12-4-3-10(15)7-13(12)16/h3-8,14,17H,1-2H3. The number of hydrogen-bond acceptors (Lipinski definition) is 2. The van der Waals surface area contributed by atoms with E-state index in [9.17, 15) is 8.78 Å². The first-order valence-electron chi connectivity index (χ1n) is 5.66. The molecule has 0 saturated carbocycles. The van der Waals surface area contributed by atoms with Crippen molar-refractivity contribution < 1.29 is 8.78 Å². The molecule has 0 saturated heterocycles. The number of hydrogen-bond donors (Lipinski definition) is 1. The van der Waals surface area contributed by atoms with E-state index >= 15 is 0 Å². The number of nitrogens with zero attached hydrogens (tertiary/aromatic N) is 1. The lowest BCUT2D eigenvalue weighted by Gasteiger charge is -2.19. The SMILES string of the molecule is CNC(c1ccncc1C)c1ccc(F)cc1F. The Balaban J connectivity index is 2.49. The van der Waals surface area contributed by atoms with E-state index in [1.165, 1.54) is 12.1 Å². The summed E-state index contributed by atoms with van der Waals surface area (Å²) in [5, 5.41) is 3.05. The predicted molar refractivity (Wildman–Crippen MR) is 66.2 cm³/mol. The molecule has 0 fully saturated rings. The number of pyridine rings is 1. The molecule has 0 amide bonds. The van der Waals surface area contributed by atoms with Crippen LogP contribution in [0.3, 0.4) is 0 Å². The summed E-state index contributed by atoms with van der Waals surface area (Å²) in [4.78, 5) is 4.01. The maximum absolute atomic E-state index is 13.8. The number of halogens is 2. The van der Waals surface area contributed by atoms with Crippen LogP contribution in [-0.2, 0) is 0 Å². The molecule has 0 aliphatic heterocycles. The second-order valence-electron chi connectivity index (χ2n) is 4.12. The Labute approximate surface area is 105 Å². The predicted octanol–water partition coefficient (Wildman–Crippen LogP) is 2.98. The average Bonchev–Trinajstić information content (AvgIpc) is 2.34. The fourth-order valence-corrected chi connectivity index (χ4v) is 2.02. The Morgan fingerprint density at radius 3 is 2.56 bits per heavy atom. The van der Waals surface area contributed by atoms with Gasteiger partial charge >= 0.3 is 0 Å². The molecule has 1 aromatic carbocycles. The van der Waals surface area contributed by atoms with Gasteiger partial charge in [0.15, 0.2) is 0 Å². The van der Waals surface area contributed by atoms with Gasteiger partial charge in [-0.05, 0) is 37.2 Å². The molecule has 0 aliphatic rings. The van der Waals surface area contributed by atoms with Gasteiger partial charge in [-0.1, -0.05) is 6.07 Å². The third kappa shape index (κ3) is 2.38. The Morgan fingerprint density at radius 1 is 1.17 bits per heavy atom. The highest BCUT2D eigenvalue weighted by molar-refractivity contribution is 5.35. The van der Waals surface area contributed by atoms with Gasteiger partial charge in [-0.25, -0.2) is 8.78 Å². The quantitative estimate of drug-likeness (QED) is 0.903. The third-order valence-electron chi connectivity index (χ3n) is 2.94. The van der Waals surface area contributed by atoms with Gasteiger partial charge < -0.3 is 5.32 Å². The van der Waals surface area contributed by atoms with Crippen LogP contribution in [-0.4, -0.2) is 12.0 Å². The van der Waals surface area contributed by atoms with E-state index in [0.717, 1.165) is 17.2 Å². The second kappa shape index (κ2) is 5.23. The smallest absolute Gasteiger partial charge is 0.131 e. The summed E-state index contributed by atoms with van der Waals surface area (Å²) in [5.74, 6) is -1.12. The number of aryl methyl sites for hydroxylation is 1. The first-order chi connectivity index (χ1) is 8.63. The summed E-state index contributed by atoms with van der Waals surface area (Å²) in [6.07, 6.45) is 3.38. The number of aromatic nitrogens is 1. The van der Waals surface area contributed by atoms with Gasteiger partial charge in [-0.2, -0.15) is 0 Å². The molecule has 1 heterocycles. The molecule has 2 aromatic rings. The molecule has 2 rings (SSSR count). The van der Waals surface area contributed by atoms with Crippen LogP contribution in [0.1, 0.15) is 22.7 Å². The fraction of sp³-hybridized carbons (Fsp3) is 0.214. The van der Waals surface area contributed by atoms with Crippen molar-refractivity contribution in [3.63, 3.8) is 0 Å². The highest BCUT2D eigenvalue weighted by Gasteiger charge is 2.18. The van der Waals surface area contributed by atoms with Crippen molar-refractivity contribution in [1.82, 2.24) is 10.3 Å². The molecule has 94 valence electrons. The van der Waals surface area contributed by atoms with Crippen molar-refractivity contribution in [2.45, 2.75) is 13.0 Å². The number of nitrogens with one attached hydrogen (secondary N) is 1. The van der Waals surface area contributed by atoms with E-state index in [1.54, 1.807) is 19.4 Å². The normalized spacial score (nSPS) is 12.4. The van der Waals surface area contributed by atoms with Crippen LogP contribution < -0.4 is 5.32 Å². The number of benzene rings is 1. The van der Waals surface area contributed by atoms with E-state index in [4.69, 9.17) is 0 Å². The van der Waals surface area contributed by atoms with Gasteiger partial charge in [0.1, 0.15) is 11.6 Å². The lowest BCUT2D eigenvalue weighted by atomic mass is 9.96. The van der Waals surface area contributed by atoms with Crippen molar-refractivity contribution >= 4 is 0 Å². The van der Waals surface area contributed by atoms with E-state index in [1.807, 2.05) is 13.0 Å². The van der Waals surface area contributed by atoms with Gasteiger partial charge in [0, 0.05) is 24.0 Å². The monoisotopic (exact) mass is 248 g/mol. The lowest BCUT2D eigenvalue weighted by Crippen LogP contribution is -2.20. The molecule has 0 spiro atoms. The molecule has 1 atom stereocenters. The van der Waals surface area contributed by atoms with Gasteiger partial charge in [-0.15, -0.1) is 0 Å². The minimum absolute atomic E-state index is 0.311. The third-order valence-corrected chi connectivity index (χ3v) is 2.94. The van der Waals surface area contributed by atoms with Gasteiger partial charge in [0.05, 0.1) is 6.04 Å².